The van der Waals surface area contributed by atoms with Crippen LogP contribution in [0.25, 0.3) is 0 Å². The van der Waals surface area contributed by atoms with Crippen LogP contribution in [0.2, 0.25) is 0 Å². The Morgan fingerprint density at radius 3 is 1.31 bits per heavy atom. The molecule has 0 bridgehead atoms. The van der Waals surface area contributed by atoms with Gasteiger partial charge in [0.25, 0.3) is 0 Å². The quantitative estimate of drug-likeness (QED) is 0.0324. The highest BCUT2D eigenvalue weighted by molar-refractivity contribution is 5.77. The first kappa shape index (κ1) is 55.6. The van der Waals surface area contributed by atoms with Crippen molar-refractivity contribution in [2.75, 3.05) is 6.61 Å². The van der Waals surface area contributed by atoms with Gasteiger partial charge in [0.15, 0.2) is 0 Å². The summed E-state index contributed by atoms with van der Waals surface area (Å²) in [7, 11) is 0. The van der Waals surface area contributed by atoms with Crippen LogP contribution in [0, 0.1) is 0 Å². The largest absolute Gasteiger partial charge is 0.461 e. The highest BCUT2D eigenvalue weighted by atomic mass is 16.5. The van der Waals surface area contributed by atoms with Crippen LogP contribution in [0.5, 0.6) is 0 Å². The summed E-state index contributed by atoms with van der Waals surface area (Å²) in [5.41, 5.74) is 0. The maximum atomic E-state index is 13.1. The fraction of sp³-hybridized carbons (Fsp3) is 0.769. The predicted molar refractivity (Wildman–Crippen MR) is 250 cm³/mol. The molecule has 0 aromatic rings. The second-order valence-corrected chi connectivity index (χ2v) is 16.6. The van der Waals surface area contributed by atoms with Crippen molar-refractivity contribution in [3.8, 4) is 0 Å². The zero-order chi connectivity index (χ0) is 42.4. The molecule has 58 heavy (non-hydrogen) atoms. The van der Waals surface area contributed by atoms with E-state index in [-0.39, 0.29) is 24.9 Å². The molecule has 0 aliphatic rings. The summed E-state index contributed by atoms with van der Waals surface area (Å²) in [5, 5.41) is 23.6. The molecular formula is C52H93NO5. The number of carbonyl (C=O) groups excluding carboxylic acids is 2. The summed E-state index contributed by atoms with van der Waals surface area (Å²) >= 11 is 0. The van der Waals surface area contributed by atoms with Gasteiger partial charge in [-0.1, -0.05) is 255 Å². The molecule has 0 aliphatic heterocycles. The number of amides is 1. The number of rotatable bonds is 43. The van der Waals surface area contributed by atoms with E-state index in [0.29, 0.717) is 19.3 Å². The van der Waals surface area contributed by atoms with Gasteiger partial charge in [0.05, 0.1) is 25.2 Å². The second kappa shape index (κ2) is 45.6. The van der Waals surface area contributed by atoms with Gasteiger partial charge in [0.2, 0.25) is 5.91 Å². The van der Waals surface area contributed by atoms with Crippen molar-refractivity contribution in [3.63, 3.8) is 0 Å². The van der Waals surface area contributed by atoms with Gasteiger partial charge in [0, 0.05) is 12.8 Å². The van der Waals surface area contributed by atoms with Crippen molar-refractivity contribution in [2.45, 2.75) is 251 Å². The second-order valence-electron chi connectivity index (χ2n) is 16.6. The van der Waals surface area contributed by atoms with E-state index >= 15 is 0 Å². The molecule has 0 heterocycles. The van der Waals surface area contributed by atoms with Crippen molar-refractivity contribution in [2.24, 2.45) is 0 Å². The Balaban J connectivity index is 4.64. The monoisotopic (exact) mass is 812 g/mol. The van der Waals surface area contributed by atoms with E-state index in [1.165, 1.54) is 141 Å². The molecule has 3 atom stereocenters. The molecular weight excluding hydrogens is 719 g/mol. The Labute approximate surface area is 358 Å². The smallest absolute Gasteiger partial charge is 0.306 e. The minimum absolute atomic E-state index is 0.0173. The third-order valence-corrected chi connectivity index (χ3v) is 11.0. The SMILES string of the molecule is CC/C=C/C=C/C=C\C=C/C=C/CC(CC(=O)NC(CO)C(O)CCCCCCCCCCCCCCC)OC(=O)CCCCCCCCCCCCCCCCC. The zero-order valence-electron chi connectivity index (χ0n) is 38.2. The van der Waals surface area contributed by atoms with Crippen LogP contribution in [0.1, 0.15) is 233 Å². The lowest BCUT2D eigenvalue weighted by Gasteiger charge is -2.24. The summed E-state index contributed by atoms with van der Waals surface area (Å²) in [6, 6.07) is -0.738. The van der Waals surface area contributed by atoms with E-state index in [4.69, 9.17) is 4.74 Å². The Morgan fingerprint density at radius 2 is 0.897 bits per heavy atom. The first-order chi connectivity index (χ1) is 28.5. The number of unbranched alkanes of at least 4 members (excludes halogenated alkanes) is 26. The number of carbonyl (C=O) groups is 2. The third kappa shape index (κ3) is 40.3. The average Bonchev–Trinajstić information content (AvgIpc) is 3.22. The first-order valence-electron chi connectivity index (χ1n) is 24.6. The van der Waals surface area contributed by atoms with Gasteiger partial charge < -0.3 is 20.3 Å². The lowest BCUT2D eigenvalue weighted by atomic mass is 10.0. The number of aliphatic hydroxyl groups excluding tert-OH is 2. The van der Waals surface area contributed by atoms with Gasteiger partial charge >= 0.3 is 5.97 Å². The summed E-state index contributed by atoms with van der Waals surface area (Å²) in [6.45, 7) is 6.30. The Bertz CT molecular complexity index is 1050. The maximum absolute atomic E-state index is 13.1. The van der Waals surface area contributed by atoms with Crippen LogP contribution >= 0.6 is 0 Å². The molecule has 6 nitrogen and oxygen atoms in total. The molecule has 3 unspecified atom stereocenters. The van der Waals surface area contributed by atoms with E-state index in [1.54, 1.807) is 0 Å². The van der Waals surface area contributed by atoms with Gasteiger partial charge in [-0.3, -0.25) is 9.59 Å². The molecule has 0 saturated heterocycles. The van der Waals surface area contributed by atoms with E-state index in [2.05, 4.69) is 32.2 Å². The third-order valence-electron chi connectivity index (χ3n) is 11.0. The molecule has 0 fully saturated rings. The predicted octanol–water partition coefficient (Wildman–Crippen LogP) is 14.5. The molecule has 0 aliphatic carbocycles. The summed E-state index contributed by atoms with van der Waals surface area (Å²) in [6.07, 6.45) is 55.9. The lowest BCUT2D eigenvalue weighted by molar-refractivity contribution is -0.150. The van der Waals surface area contributed by atoms with Gasteiger partial charge in [-0.15, -0.1) is 0 Å². The molecule has 0 rings (SSSR count). The topological polar surface area (TPSA) is 95.9 Å². The maximum Gasteiger partial charge on any atom is 0.306 e. The van der Waals surface area contributed by atoms with Crippen molar-refractivity contribution in [3.05, 3.63) is 60.8 Å². The molecule has 6 heteroatoms. The highest BCUT2D eigenvalue weighted by Crippen LogP contribution is 2.17. The number of hydrogen-bond donors (Lipinski definition) is 3. The first-order valence-corrected chi connectivity index (χ1v) is 24.6. The van der Waals surface area contributed by atoms with Crippen LogP contribution in [-0.4, -0.2) is 46.9 Å². The number of ether oxygens (including phenoxy) is 1. The number of nitrogens with one attached hydrogen (secondary N) is 1. The highest BCUT2D eigenvalue weighted by Gasteiger charge is 2.23. The number of allylic oxidation sites excluding steroid dienone is 9. The number of esters is 1. The lowest BCUT2D eigenvalue weighted by Crippen LogP contribution is -2.46. The van der Waals surface area contributed by atoms with Crippen LogP contribution in [0.3, 0.4) is 0 Å². The van der Waals surface area contributed by atoms with E-state index < -0.39 is 18.2 Å². The van der Waals surface area contributed by atoms with Crippen LogP contribution in [0.4, 0.5) is 0 Å². The minimum atomic E-state index is -0.816. The molecule has 0 spiro atoms. The fourth-order valence-electron chi connectivity index (χ4n) is 7.28. The van der Waals surface area contributed by atoms with Gasteiger partial charge in [0.1, 0.15) is 6.10 Å². The summed E-state index contributed by atoms with van der Waals surface area (Å²) in [4.78, 5) is 26.0. The molecule has 0 aromatic heterocycles. The molecule has 3 N–H and O–H groups in total. The van der Waals surface area contributed by atoms with Crippen LogP contribution in [0.15, 0.2) is 60.8 Å². The zero-order valence-corrected chi connectivity index (χ0v) is 38.2. The summed E-state index contributed by atoms with van der Waals surface area (Å²) < 4.78 is 5.83. The van der Waals surface area contributed by atoms with Gasteiger partial charge in [-0.05, 0) is 19.3 Å². The van der Waals surface area contributed by atoms with E-state index in [9.17, 15) is 19.8 Å². The molecule has 0 radical (unpaired) electrons. The van der Waals surface area contributed by atoms with Crippen molar-refractivity contribution in [1.82, 2.24) is 5.32 Å². The molecule has 0 aromatic carbocycles. The van der Waals surface area contributed by atoms with Crippen molar-refractivity contribution >= 4 is 11.9 Å². The Hall–Kier alpha value is -2.44. The van der Waals surface area contributed by atoms with Crippen molar-refractivity contribution in [1.29, 1.82) is 0 Å². The standard InChI is InChI=1S/C52H93NO5/c1-4-7-10-13-16-19-22-24-25-27-30-33-36-39-42-45-52(57)58-48(43-40-37-34-31-28-21-18-15-12-9-6-3)46-51(56)53-49(47-54)50(55)44-41-38-35-32-29-26-23-20-17-14-11-8-5-2/h9,12,15,18,21,28,31,34,37,40,48-50,54-55H,4-8,10-11,13-14,16-17,19-20,22-27,29-30,32-33,35-36,38-39,41-47H2,1-3H3,(H,53,56)/b12-9+,18-15+,28-21-,34-31-,40-37+. The molecule has 0 saturated carbocycles. The summed E-state index contributed by atoms with van der Waals surface area (Å²) in [5.74, 6) is -0.603. The molecule has 336 valence electrons. The Kier molecular flexibility index (Phi) is 43.7. The normalized spacial score (nSPS) is 13.8. The van der Waals surface area contributed by atoms with Gasteiger partial charge in [-0.25, -0.2) is 0 Å². The number of hydrogen-bond acceptors (Lipinski definition) is 5. The minimum Gasteiger partial charge on any atom is -0.461 e. The fourth-order valence-corrected chi connectivity index (χ4v) is 7.28. The Morgan fingerprint density at radius 1 is 0.517 bits per heavy atom. The van der Waals surface area contributed by atoms with E-state index in [0.717, 1.165) is 44.9 Å². The number of aliphatic hydroxyl groups is 2. The average molecular weight is 812 g/mol. The van der Waals surface area contributed by atoms with Crippen LogP contribution in [-0.2, 0) is 14.3 Å². The van der Waals surface area contributed by atoms with Gasteiger partial charge in [-0.2, -0.15) is 0 Å². The van der Waals surface area contributed by atoms with Crippen molar-refractivity contribution < 1.29 is 24.5 Å². The van der Waals surface area contributed by atoms with Crippen LogP contribution < -0.4 is 5.32 Å². The molecule has 1 amide bonds. The van der Waals surface area contributed by atoms with E-state index in [1.807, 2.05) is 54.7 Å².